The SMILES string of the molecule is c1ccc(CN2CCn3c(cc4ccccc43)C(CCOc3cccc4cccnc34)C2)cc1. The van der Waals surface area contributed by atoms with E-state index in [0.29, 0.717) is 12.5 Å². The molecule has 1 atom stereocenters. The van der Waals surface area contributed by atoms with E-state index in [4.69, 9.17) is 4.74 Å². The van der Waals surface area contributed by atoms with Crippen molar-refractivity contribution in [3.8, 4) is 5.75 Å². The predicted octanol–water partition coefficient (Wildman–Crippen LogP) is 6.26. The van der Waals surface area contributed by atoms with Crippen molar-refractivity contribution < 1.29 is 4.74 Å². The lowest BCUT2D eigenvalue weighted by molar-refractivity contribution is 0.233. The van der Waals surface area contributed by atoms with Crippen LogP contribution in [0.4, 0.5) is 0 Å². The highest BCUT2D eigenvalue weighted by molar-refractivity contribution is 5.84. The first kappa shape index (κ1) is 20.9. The number of pyridine rings is 1. The van der Waals surface area contributed by atoms with Crippen molar-refractivity contribution in [2.45, 2.75) is 25.4 Å². The van der Waals surface area contributed by atoms with E-state index in [0.717, 1.165) is 49.3 Å². The van der Waals surface area contributed by atoms with E-state index in [-0.39, 0.29) is 0 Å². The zero-order chi connectivity index (χ0) is 22.7. The van der Waals surface area contributed by atoms with Crippen molar-refractivity contribution >= 4 is 21.8 Å². The molecule has 6 rings (SSSR count). The molecule has 3 aromatic carbocycles. The molecule has 2 aromatic heterocycles. The fourth-order valence-electron chi connectivity index (χ4n) is 5.29. The predicted molar refractivity (Wildman–Crippen MR) is 138 cm³/mol. The van der Waals surface area contributed by atoms with Crippen molar-refractivity contribution in [3.05, 3.63) is 108 Å². The summed E-state index contributed by atoms with van der Waals surface area (Å²) in [7, 11) is 0. The summed E-state index contributed by atoms with van der Waals surface area (Å²) in [6, 6.07) is 32.2. The summed E-state index contributed by atoms with van der Waals surface area (Å²) in [6.07, 6.45) is 2.80. The Morgan fingerprint density at radius 2 is 1.65 bits per heavy atom. The lowest BCUT2D eigenvalue weighted by Gasteiger charge is -2.24. The van der Waals surface area contributed by atoms with Crippen LogP contribution in [0.25, 0.3) is 21.8 Å². The molecule has 0 bridgehead atoms. The van der Waals surface area contributed by atoms with E-state index in [2.05, 4.69) is 87.2 Å². The second kappa shape index (κ2) is 9.32. The first-order chi connectivity index (χ1) is 16.8. The molecule has 34 heavy (non-hydrogen) atoms. The monoisotopic (exact) mass is 447 g/mol. The maximum Gasteiger partial charge on any atom is 0.145 e. The van der Waals surface area contributed by atoms with Crippen molar-refractivity contribution in [1.29, 1.82) is 0 Å². The molecule has 1 unspecified atom stereocenters. The summed E-state index contributed by atoms with van der Waals surface area (Å²) in [5, 5.41) is 2.45. The zero-order valence-corrected chi connectivity index (χ0v) is 19.3. The Hall–Kier alpha value is -3.63. The number of ether oxygens (including phenoxy) is 1. The number of aromatic nitrogens is 2. The van der Waals surface area contributed by atoms with Crippen LogP contribution >= 0.6 is 0 Å². The van der Waals surface area contributed by atoms with E-state index >= 15 is 0 Å². The van der Waals surface area contributed by atoms with Gasteiger partial charge < -0.3 is 9.30 Å². The molecule has 0 saturated carbocycles. The van der Waals surface area contributed by atoms with Gasteiger partial charge in [0.15, 0.2) is 0 Å². The molecule has 0 amide bonds. The fourth-order valence-corrected chi connectivity index (χ4v) is 5.29. The van der Waals surface area contributed by atoms with Gasteiger partial charge in [0, 0.05) is 54.9 Å². The van der Waals surface area contributed by atoms with Gasteiger partial charge in [0.2, 0.25) is 0 Å². The van der Waals surface area contributed by atoms with Gasteiger partial charge in [0.1, 0.15) is 11.3 Å². The number of rotatable bonds is 6. The van der Waals surface area contributed by atoms with Gasteiger partial charge in [-0.05, 0) is 41.6 Å². The fraction of sp³-hybridized carbons (Fsp3) is 0.233. The van der Waals surface area contributed by atoms with Gasteiger partial charge in [0.05, 0.1) is 6.61 Å². The third kappa shape index (κ3) is 4.17. The summed E-state index contributed by atoms with van der Waals surface area (Å²) in [4.78, 5) is 7.15. The molecule has 1 aliphatic rings. The van der Waals surface area contributed by atoms with Gasteiger partial charge in [-0.1, -0.05) is 66.7 Å². The van der Waals surface area contributed by atoms with E-state index in [1.165, 1.54) is 22.2 Å². The number of para-hydroxylation sites is 2. The number of nitrogens with zero attached hydrogens (tertiary/aromatic N) is 3. The highest BCUT2D eigenvalue weighted by atomic mass is 16.5. The topological polar surface area (TPSA) is 30.3 Å². The van der Waals surface area contributed by atoms with E-state index in [9.17, 15) is 0 Å². The van der Waals surface area contributed by atoms with Gasteiger partial charge in [0.25, 0.3) is 0 Å². The second-order valence-corrected chi connectivity index (χ2v) is 9.17. The molecule has 5 aromatic rings. The normalized spacial score (nSPS) is 16.4. The van der Waals surface area contributed by atoms with Crippen LogP contribution in [0, 0.1) is 0 Å². The van der Waals surface area contributed by atoms with Crippen LogP contribution in [0.1, 0.15) is 23.6 Å². The standard InChI is InChI=1S/C30H29N3O/c1-2-8-23(9-3-1)21-32-17-18-33-27-13-5-4-10-25(27)20-28(33)26(22-32)15-19-34-29-14-6-11-24-12-7-16-31-30(24)29/h1-14,16,20,26H,15,17-19,21-22H2. The molecule has 0 radical (unpaired) electrons. The van der Waals surface area contributed by atoms with Gasteiger partial charge >= 0.3 is 0 Å². The molecular formula is C30H29N3O. The first-order valence-electron chi connectivity index (χ1n) is 12.2. The van der Waals surface area contributed by atoms with Crippen molar-refractivity contribution in [1.82, 2.24) is 14.5 Å². The summed E-state index contributed by atoms with van der Waals surface area (Å²) < 4.78 is 8.85. The molecule has 1 aliphatic heterocycles. The van der Waals surface area contributed by atoms with Crippen molar-refractivity contribution in [3.63, 3.8) is 0 Å². The van der Waals surface area contributed by atoms with Crippen LogP contribution < -0.4 is 4.74 Å². The quantitative estimate of drug-likeness (QED) is 0.308. The third-order valence-electron chi connectivity index (χ3n) is 6.95. The molecule has 0 spiro atoms. The number of hydrogen-bond donors (Lipinski definition) is 0. The number of benzene rings is 3. The van der Waals surface area contributed by atoms with E-state index in [1.807, 2.05) is 24.4 Å². The summed E-state index contributed by atoms with van der Waals surface area (Å²) in [5.41, 5.74) is 5.07. The third-order valence-corrected chi connectivity index (χ3v) is 6.95. The first-order valence-corrected chi connectivity index (χ1v) is 12.2. The maximum absolute atomic E-state index is 6.32. The van der Waals surface area contributed by atoms with Crippen LogP contribution in [-0.4, -0.2) is 34.1 Å². The smallest absolute Gasteiger partial charge is 0.145 e. The van der Waals surface area contributed by atoms with Gasteiger partial charge in [-0.3, -0.25) is 9.88 Å². The highest BCUT2D eigenvalue weighted by Gasteiger charge is 2.25. The number of fused-ring (bicyclic) bond motifs is 4. The molecule has 0 fully saturated rings. The van der Waals surface area contributed by atoms with Crippen LogP contribution in [0.5, 0.6) is 5.75 Å². The van der Waals surface area contributed by atoms with E-state index < -0.39 is 0 Å². The summed E-state index contributed by atoms with van der Waals surface area (Å²) in [5.74, 6) is 1.27. The minimum Gasteiger partial charge on any atom is -0.491 e. The molecule has 3 heterocycles. The average Bonchev–Trinajstić information content (AvgIpc) is 3.17. The van der Waals surface area contributed by atoms with Gasteiger partial charge in [-0.25, -0.2) is 0 Å². The molecule has 0 saturated heterocycles. The van der Waals surface area contributed by atoms with Crippen LogP contribution in [-0.2, 0) is 13.1 Å². The lowest BCUT2D eigenvalue weighted by atomic mass is 10.0. The van der Waals surface area contributed by atoms with E-state index in [1.54, 1.807) is 0 Å². The largest absolute Gasteiger partial charge is 0.491 e. The minimum absolute atomic E-state index is 0.404. The average molecular weight is 448 g/mol. The molecule has 170 valence electrons. The van der Waals surface area contributed by atoms with Crippen molar-refractivity contribution in [2.24, 2.45) is 0 Å². The Bertz CT molecular complexity index is 1400. The lowest BCUT2D eigenvalue weighted by Crippen LogP contribution is -2.28. The Labute approximate surface area is 200 Å². The minimum atomic E-state index is 0.404. The molecule has 4 nitrogen and oxygen atoms in total. The molecular weight excluding hydrogens is 418 g/mol. The summed E-state index contributed by atoms with van der Waals surface area (Å²) >= 11 is 0. The molecule has 0 aliphatic carbocycles. The van der Waals surface area contributed by atoms with Crippen LogP contribution in [0.3, 0.4) is 0 Å². The Balaban J connectivity index is 1.25. The molecule has 4 heteroatoms. The summed E-state index contributed by atoms with van der Waals surface area (Å²) in [6.45, 7) is 4.74. The van der Waals surface area contributed by atoms with Gasteiger partial charge in [-0.2, -0.15) is 0 Å². The maximum atomic E-state index is 6.32. The number of hydrogen-bond acceptors (Lipinski definition) is 3. The van der Waals surface area contributed by atoms with Crippen molar-refractivity contribution in [2.75, 3.05) is 19.7 Å². The van der Waals surface area contributed by atoms with Crippen LogP contribution in [0.2, 0.25) is 0 Å². The Morgan fingerprint density at radius 1 is 0.824 bits per heavy atom. The Kier molecular flexibility index (Phi) is 5.74. The molecule has 0 N–H and O–H groups in total. The van der Waals surface area contributed by atoms with Crippen LogP contribution in [0.15, 0.2) is 97.2 Å². The highest BCUT2D eigenvalue weighted by Crippen LogP contribution is 2.32. The Morgan fingerprint density at radius 3 is 2.59 bits per heavy atom. The zero-order valence-electron chi connectivity index (χ0n) is 19.3. The second-order valence-electron chi connectivity index (χ2n) is 9.17. The van der Waals surface area contributed by atoms with Gasteiger partial charge in [-0.15, -0.1) is 0 Å².